The van der Waals surface area contributed by atoms with E-state index in [-0.39, 0.29) is 17.2 Å². The number of carbonyl (C=O) groups excluding carboxylic acids is 1. The molecule has 1 aliphatic heterocycles. The Labute approximate surface area is 145 Å². The Kier molecular flexibility index (Phi) is 6.15. The van der Waals surface area contributed by atoms with E-state index >= 15 is 0 Å². The number of methoxy groups -OCH3 is 1. The summed E-state index contributed by atoms with van der Waals surface area (Å²) in [4.78, 5) is 23.8. The van der Waals surface area contributed by atoms with E-state index in [0.29, 0.717) is 19.7 Å². The van der Waals surface area contributed by atoms with Crippen molar-refractivity contribution in [1.29, 1.82) is 0 Å². The van der Waals surface area contributed by atoms with Crippen molar-refractivity contribution in [2.75, 3.05) is 31.6 Å². The molecule has 6 heteroatoms. The van der Waals surface area contributed by atoms with Crippen molar-refractivity contribution in [1.82, 2.24) is 15.3 Å². The average molecular weight is 334 g/mol. The average Bonchev–Trinajstić information content (AvgIpc) is 2.54. The summed E-state index contributed by atoms with van der Waals surface area (Å²) in [7, 11) is 1.67. The van der Waals surface area contributed by atoms with E-state index in [1.54, 1.807) is 7.11 Å². The topological polar surface area (TPSA) is 67.4 Å². The Bertz CT molecular complexity index is 569. The maximum Gasteiger partial charge on any atom is 0.224 e. The number of carbonyl (C=O) groups is 1. The first kappa shape index (κ1) is 18.6. The minimum atomic E-state index is -0.132. The second-order valence-corrected chi connectivity index (χ2v) is 7.40. The number of hydrogen-bond acceptors (Lipinski definition) is 5. The lowest BCUT2D eigenvalue weighted by Crippen LogP contribution is -2.43. The summed E-state index contributed by atoms with van der Waals surface area (Å²) < 4.78 is 5.26. The van der Waals surface area contributed by atoms with Crippen molar-refractivity contribution in [2.45, 2.75) is 52.6 Å². The number of hydrogen-bond donors (Lipinski definition) is 1. The van der Waals surface area contributed by atoms with Crippen LogP contribution in [-0.4, -0.2) is 42.6 Å². The Balaban J connectivity index is 2.26. The molecule has 1 atom stereocenters. The van der Waals surface area contributed by atoms with Gasteiger partial charge in [-0.05, 0) is 19.8 Å². The molecule has 0 aromatic carbocycles. The molecule has 0 aliphatic carbocycles. The standard InChI is InChI=1S/C18H30N4O2/c1-6-19-16(23)13-8-7-9-22(11-13)15-10-14(12-24-5)20-17(21-15)18(2,3)4/h10,13H,6-9,11-12H2,1-5H3,(H,19,23). The summed E-state index contributed by atoms with van der Waals surface area (Å²) in [6, 6.07) is 1.98. The third-order valence-electron chi connectivity index (χ3n) is 4.20. The van der Waals surface area contributed by atoms with Gasteiger partial charge < -0.3 is 15.0 Å². The molecule has 24 heavy (non-hydrogen) atoms. The molecule has 1 saturated heterocycles. The number of amides is 1. The molecule has 1 fully saturated rings. The minimum absolute atomic E-state index is 0.0256. The summed E-state index contributed by atoms with van der Waals surface area (Å²) in [6.45, 7) is 11.0. The number of aromatic nitrogens is 2. The third kappa shape index (κ3) is 4.66. The highest BCUT2D eigenvalue weighted by molar-refractivity contribution is 5.79. The molecule has 6 nitrogen and oxygen atoms in total. The van der Waals surface area contributed by atoms with Crippen molar-refractivity contribution in [2.24, 2.45) is 5.92 Å². The maximum atomic E-state index is 12.2. The highest BCUT2D eigenvalue weighted by Crippen LogP contribution is 2.26. The highest BCUT2D eigenvalue weighted by atomic mass is 16.5. The normalized spacial score (nSPS) is 18.5. The second-order valence-electron chi connectivity index (χ2n) is 7.40. The van der Waals surface area contributed by atoms with Crippen LogP contribution in [0, 0.1) is 5.92 Å². The van der Waals surface area contributed by atoms with Crippen molar-refractivity contribution in [3.63, 3.8) is 0 Å². The van der Waals surface area contributed by atoms with E-state index in [1.807, 2.05) is 13.0 Å². The van der Waals surface area contributed by atoms with Crippen LogP contribution in [0.3, 0.4) is 0 Å². The molecule has 0 radical (unpaired) electrons. The third-order valence-corrected chi connectivity index (χ3v) is 4.20. The zero-order valence-electron chi connectivity index (χ0n) is 15.6. The van der Waals surface area contributed by atoms with Gasteiger partial charge in [0.15, 0.2) is 0 Å². The lowest BCUT2D eigenvalue weighted by molar-refractivity contribution is -0.125. The predicted octanol–water partition coefficient (Wildman–Crippen LogP) is 2.27. The van der Waals surface area contributed by atoms with Gasteiger partial charge in [0.1, 0.15) is 11.6 Å². The molecule has 0 saturated carbocycles. The van der Waals surface area contributed by atoms with Crippen LogP contribution in [-0.2, 0) is 21.6 Å². The first-order valence-electron chi connectivity index (χ1n) is 8.75. The van der Waals surface area contributed by atoms with Crippen LogP contribution in [0.2, 0.25) is 0 Å². The molecule has 1 amide bonds. The van der Waals surface area contributed by atoms with Gasteiger partial charge in [-0.2, -0.15) is 0 Å². The van der Waals surface area contributed by atoms with Gasteiger partial charge in [-0.3, -0.25) is 4.79 Å². The predicted molar refractivity (Wildman–Crippen MR) is 95.1 cm³/mol. The zero-order valence-corrected chi connectivity index (χ0v) is 15.6. The Morgan fingerprint density at radius 1 is 1.42 bits per heavy atom. The van der Waals surface area contributed by atoms with E-state index in [1.165, 1.54) is 0 Å². The van der Waals surface area contributed by atoms with Gasteiger partial charge >= 0.3 is 0 Å². The van der Waals surface area contributed by atoms with E-state index in [2.05, 4.69) is 36.0 Å². The fourth-order valence-corrected chi connectivity index (χ4v) is 2.92. The van der Waals surface area contributed by atoms with Crippen LogP contribution in [0.5, 0.6) is 0 Å². The molecule has 1 aromatic heterocycles. The molecule has 1 unspecified atom stereocenters. The Morgan fingerprint density at radius 2 is 2.17 bits per heavy atom. The number of rotatable bonds is 5. The minimum Gasteiger partial charge on any atom is -0.378 e. The fourth-order valence-electron chi connectivity index (χ4n) is 2.92. The Morgan fingerprint density at radius 3 is 2.79 bits per heavy atom. The number of piperidine rings is 1. The van der Waals surface area contributed by atoms with Gasteiger partial charge in [-0.25, -0.2) is 9.97 Å². The van der Waals surface area contributed by atoms with Crippen molar-refractivity contribution in [3.05, 3.63) is 17.6 Å². The quantitative estimate of drug-likeness (QED) is 0.895. The van der Waals surface area contributed by atoms with E-state index in [9.17, 15) is 4.79 Å². The fraction of sp³-hybridized carbons (Fsp3) is 0.722. The van der Waals surface area contributed by atoms with E-state index in [4.69, 9.17) is 9.72 Å². The first-order chi connectivity index (χ1) is 11.3. The molecule has 2 heterocycles. The van der Waals surface area contributed by atoms with Crippen LogP contribution in [0.25, 0.3) is 0 Å². The lowest BCUT2D eigenvalue weighted by Gasteiger charge is -2.33. The monoisotopic (exact) mass is 334 g/mol. The van der Waals surface area contributed by atoms with Gasteiger partial charge in [0.05, 0.1) is 18.2 Å². The van der Waals surface area contributed by atoms with Gasteiger partial charge in [-0.15, -0.1) is 0 Å². The SMILES string of the molecule is CCNC(=O)C1CCCN(c2cc(COC)nc(C(C)(C)C)n2)C1. The number of nitrogens with zero attached hydrogens (tertiary/aromatic N) is 3. The molecule has 134 valence electrons. The molecule has 0 bridgehead atoms. The van der Waals surface area contributed by atoms with Crippen LogP contribution < -0.4 is 10.2 Å². The second kappa shape index (κ2) is 7.92. The first-order valence-corrected chi connectivity index (χ1v) is 8.75. The van der Waals surface area contributed by atoms with Gasteiger partial charge in [0.2, 0.25) is 5.91 Å². The van der Waals surface area contributed by atoms with Gasteiger partial charge in [-0.1, -0.05) is 20.8 Å². The smallest absolute Gasteiger partial charge is 0.224 e. The summed E-state index contributed by atoms with van der Waals surface area (Å²) >= 11 is 0. The summed E-state index contributed by atoms with van der Waals surface area (Å²) in [5.74, 6) is 1.88. The molecule has 1 aromatic rings. The molecule has 1 N–H and O–H groups in total. The van der Waals surface area contributed by atoms with Crippen LogP contribution in [0.1, 0.15) is 52.1 Å². The van der Waals surface area contributed by atoms with Crippen molar-refractivity contribution >= 4 is 11.7 Å². The number of nitrogens with one attached hydrogen (secondary N) is 1. The molecular formula is C18H30N4O2. The highest BCUT2D eigenvalue weighted by Gasteiger charge is 2.27. The molecule has 2 rings (SSSR count). The largest absolute Gasteiger partial charge is 0.378 e. The van der Waals surface area contributed by atoms with E-state index < -0.39 is 0 Å². The summed E-state index contributed by atoms with van der Waals surface area (Å²) in [5, 5.41) is 2.94. The number of ether oxygens (including phenoxy) is 1. The van der Waals surface area contributed by atoms with Crippen molar-refractivity contribution in [3.8, 4) is 0 Å². The summed E-state index contributed by atoms with van der Waals surface area (Å²) in [6.07, 6.45) is 1.93. The summed E-state index contributed by atoms with van der Waals surface area (Å²) in [5.41, 5.74) is 0.750. The van der Waals surface area contributed by atoms with Gasteiger partial charge in [0, 0.05) is 38.2 Å². The van der Waals surface area contributed by atoms with Crippen molar-refractivity contribution < 1.29 is 9.53 Å². The molecule has 1 aliphatic rings. The van der Waals surface area contributed by atoms with Crippen LogP contribution in [0.15, 0.2) is 6.07 Å². The lowest BCUT2D eigenvalue weighted by atomic mass is 9.95. The zero-order chi connectivity index (χ0) is 17.7. The van der Waals surface area contributed by atoms with E-state index in [0.717, 1.165) is 36.7 Å². The van der Waals surface area contributed by atoms with Crippen LogP contribution in [0.4, 0.5) is 5.82 Å². The molecular weight excluding hydrogens is 304 g/mol. The van der Waals surface area contributed by atoms with Gasteiger partial charge in [0.25, 0.3) is 0 Å². The van der Waals surface area contributed by atoms with Crippen LogP contribution >= 0.6 is 0 Å². The molecule has 0 spiro atoms. The maximum absolute atomic E-state index is 12.2. The Hall–Kier alpha value is -1.69. The number of anilines is 1.